The molecule has 1 aliphatic rings. The van der Waals surface area contributed by atoms with E-state index < -0.39 is 0 Å². The predicted octanol–water partition coefficient (Wildman–Crippen LogP) is 1.07. The Morgan fingerprint density at radius 2 is 1.81 bits per heavy atom. The first-order valence-corrected chi connectivity index (χ1v) is 8.85. The van der Waals surface area contributed by atoms with Crippen molar-refractivity contribution < 1.29 is 0 Å². The van der Waals surface area contributed by atoms with E-state index in [1.54, 1.807) is 20.3 Å². The van der Waals surface area contributed by atoms with Crippen molar-refractivity contribution in [1.82, 2.24) is 38.7 Å². The monoisotopic (exact) mass is 364 g/mol. The Kier molecular flexibility index (Phi) is 3.19. The van der Waals surface area contributed by atoms with E-state index in [-0.39, 0.29) is 5.69 Å². The second-order valence-electron chi connectivity index (χ2n) is 7.28. The number of imidazole rings is 1. The lowest BCUT2D eigenvalue weighted by Crippen LogP contribution is -2.19. The fourth-order valence-corrected chi connectivity index (χ4v) is 3.80. The summed E-state index contributed by atoms with van der Waals surface area (Å²) in [6, 6.07) is 2.08. The number of rotatable bonds is 3. The van der Waals surface area contributed by atoms with Gasteiger partial charge in [0.25, 0.3) is 0 Å². The van der Waals surface area contributed by atoms with E-state index in [4.69, 9.17) is 5.10 Å². The summed E-state index contributed by atoms with van der Waals surface area (Å²) < 4.78 is 6.69. The van der Waals surface area contributed by atoms with Gasteiger partial charge in [-0.1, -0.05) is 0 Å². The van der Waals surface area contributed by atoms with Gasteiger partial charge in [0.15, 0.2) is 11.3 Å². The molecule has 1 saturated carbocycles. The third-order valence-electron chi connectivity index (χ3n) is 5.43. The summed E-state index contributed by atoms with van der Waals surface area (Å²) >= 11 is 0. The minimum atomic E-state index is -0.134. The summed E-state index contributed by atoms with van der Waals surface area (Å²) in [5.41, 5.74) is 4.94. The van der Waals surface area contributed by atoms with Gasteiger partial charge in [0.05, 0.1) is 23.8 Å². The van der Waals surface area contributed by atoms with Crippen LogP contribution >= 0.6 is 0 Å². The average molecular weight is 364 g/mol. The van der Waals surface area contributed by atoms with Crippen LogP contribution in [0.4, 0.5) is 0 Å². The van der Waals surface area contributed by atoms with Crippen LogP contribution < -0.4 is 5.69 Å². The first kappa shape index (κ1) is 16.0. The van der Waals surface area contributed by atoms with E-state index in [1.807, 2.05) is 29.7 Å². The van der Waals surface area contributed by atoms with Crippen LogP contribution in [0, 0.1) is 0 Å². The molecule has 0 saturated heterocycles. The maximum Gasteiger partial charge on any atom is 0.330 e. The van der Waals surface area contributed by atoms with E-state index in [9.17, 15) is 4.79 Å². The average Bonchev–Trinajstić information content (AvgIpc) is 3.11. The topological polar surface area (TPSA) is 88.4 Å². The van der Waals surface area contributed by atoms with Crippen molar-refractivity contribution in [2.24, 2.45) is 28.2 Å². The fraction of sp³-hybridized carbons (Fsp3) is 0.389. The quantitative estimate of drug-likeness (QED) is 0.543. The lowest BCUT2D eigenvalue weighted by atomic mass is 10.1. The molecule has 0 unspecified atom stereocenters. The number of nitrogens with zero attached hydrogens (tertiary/aromatic N) is 8. The lowest BCUT2D eigenvalue weighted by Gasteiger charge is -2.01. The summed E-state index contributed by atoms with van der Waals surface area (Å²) in [4.78, 5) is 21.2. The van der Waals surface area contributed by atoms with E-state index in [0.29, 0.717) is 28.8 Å². The standard InChI is InChI=1S/C18H20N8O/c1-23-9-10(7-20-23)11-5-12(11)13-6-15(26(4)22-13)14-8-19-16-17(21-14)25(3)18(27)24(16)2/h6-9,11-12H,5H2,1-4H3/t11-,12+/m0/s1. The van der Waals surface area contributed by atoms with Gasteiger partial charge in [0.2, 0.25) is 0 Å². The van der Waals surface area contributed by atoms with Gasteiger partial charge in [-0.2, -0.15) is 10.2 Å². The molecule has 2 atom stereocenters. The van der Waals surface area contributed by atoms with Crippen LogP contribution in [0.15, 0.2) is 29.5 Å². The molecule has 5 rings (SSSR count). The Hall–Kier alpha value is -3.23. The molecule has 0 bridgehead atoms. The molecule has 9 heteroatoms. The summed E-state index contributed by atoms with van der Waals surface area (Å²) in [5, 5.41) is 8.97. The molecule has 0 spiro atoms. The highest BCUT2D eigenvalue weighted by molar-refractivity contribution is 5.70. The number of aromatic nitrogens is 8. The van der Waals surface area contributed by atoms with Crippen LogP contribution in [0.25, 0.3) is 22.7 Å². The van der Waals surface area contributed by atoms with Gasteiger partial charge in [0, 0.05) is 40.3 Å². The number of hydrogen-bond acceptors (Lipinski definition) is 5. The first-order valence-electron chi connectivity index (χ1n) is 8.85. The smallest absolute Gasteiger partial charge is 0.278 e. The van der Waals surface area contributed by atoms with Crippen molar-refractivity contribution in [3.05, 3.63) is 46.4 Å². The predicted molar refractivity (Wildman–Crippen MR) is 99.3 cm³/mol. The van der Waals surface area contributed by atoms with Crippen LogP contribution in [0.1, 0.15) is 29.5 Å². The lowest BCUT2D eigenvalue weighted by molar-refractivity contribution is 0.744. The second kappa shape index (κ2) is 5.38. The van der Waals surface area contributed by atoms with Gasteiger partial charge in [0.1, 0.15) is 5.69 Å². The Morgan fingerprint density at radius 1 is 1.04 bits per heavy atom. The van der Waals surface area contributed by atoms with Gasteiger partial charge in [-0.25, -0.2) is 14.8 Å². The third kappa shape index (κ3) is 2.34. The van der Waals surface area contributed by atoms with Crippen LogP contribution in [-0.4, -0.2) is 38.7 Å². The first-order chi connectivity index (χ1) is 12.9. The van der Waals surface area contributed by atoms with Gasteiger partial charge < -0.3 is 0 Å². The largest absolute Gasteiger partial charge is 0.330 e. The molecule has 0 amide bonds. The summed E-state index contributed by atoms with van der Waals surface area (Å²) in [6.45, 7) is 0. The molecule has 27 heavy (non-hydrogen) atoms. The van der Waals surface area contributed by atoms with Crippen molar-refractivity contribution in [2.75, 3.05) is 0 Å². The Labute approximate surface area is 154 Å². The van der Waals surface area contributed by atoms with E-state index in [2.05, 4.69) is 27.3 Å². The molecule has 4 aromatic heterocycles. The number of hydrogen-bond donors (Lipinski definition) is 0. The Balaban J connectivity index is 1.51. The Morgan fingerprint density at radius 3 is 2.56 bits per heavy atom. The van der Waals surface area contributed by atoms with E-state index in [1.165, 1.54) is 14.7 Å². The maximum absolute atomic E-state index is 12.1. The van der Waals surface area contributed by atoms with Crippen molar-refractivity contribution in [2.45, 2.75) is 18.3 Å². The maximum atomic E-state index is 12.1. The van der Waals surface area contributed by atoms with E-state index in [0.717, 1.165) is 17.8 Å². The van der Waals surface area contributed by atoms with Crippen LogP contribution in [0.2, 0.25) is 0 Å². The molecule has 0 N–H and O–H groups in total. The van der Waals surface area contributed by atoms with Crippen LogP contribution in [-0.2, 0) is 28.2 Å². The Bertz CT molecular complexity index is 1240. The molecule has 0 aliphatic heterocycles. The van der Waals surface area contributed by atoms with Crippen LogP contribution in [0.3, 0.4) is 0 Å². The fourth-order valence-electron chi connectivity index (χ4n) is 3.80. The van der Waals surface area contributed by atoms with Gasteiger partial charge >= 0.3 is 5.69 Å². The molecule has 0 aromatic carbocycles. The van der Waals surface area contributed by atoms with Gasteiger partial charge in [-0.15, -0.1) is 0 Å². The summed E-state index contributed by atoms with van der Waals surface area (Å²) in [6.07, 6.45) is 6.79. The molecule has 138 valence electrons. The molecule has 9 nitrogen and oxygen atoms in total. The second-order valence-corrected chi connectivity index (χ2v) is 7.28. The zero-order valence-corrected chi connectivity index (χ0v) is 15.7. The van der Waals surface area contributed by atoms with Gasteiger partial charge in [-0.05, 0) is 24.0 Å². The minimum Gasteiger partial charge on any atom is -0.278 e. The minimum absolute atomic E-state index is 0.134. The molecule has 1 fully saturated rings. The zero-order valence-electron chi connectivity index (χ0n) is 15.7. The van der Waals surface area contributed by atoms with E-state index >= 15 is 0 Å². The summed E-state index contributed by atoms with van der Waals surface area (Å²) in [5.74, 6) is 0.886. The number of fused-ring (bicyclic) bond motifs is 1. The van der Waals surface area contributed by atoms with Crippen molar-refractivity contribution in [1.29, 1.82) is 0 Å². The molecule has 0 radical (unpaired) electrons. The van der Waals surface area contributed by atoms with Crippen molar-refractivity contribution in [3.8, 4) is 11.4 Å². The molecule has 4 heterocycles. The van der Waals surface area contributed by atoms with Crippen molar-refractivity contribution in [3.63, 3.8) is 0 Å². The number of aryl methyl sites for hydroxylation is 4. The van der Waals surface area contributed by atoms with Gasteiger partial charge in [-0.3, -0.25) is 18.5 Å². The molecule has 4 aromatic rings. The summed E-state index contributed by atoms with van der Waals surface area (Å²) in [7, 11) is 7.26. The highest BCUT2D eigenvalue weighted by atomic mass is 16.1. The van der Waals surface area contributed by atoms with Crippen molar-refractivity contribution >= 4 is 11.3 Å². The molecule has 1 aliphatic carbocycles. The highest BCUT2D eigenvalue weighted by Gasteiger charge is 2.42. The normalized spacial score (nSPS) is 19.1. The SMILES string of the molecule is Cn1cc([C@@H]2C[C@H]2c2cc(-c3cnc4c(n3)n(C)c(=O)n4C)n(C)n2)cn1. The highest BCUT2D eigenvalue weighted by Crippen LogP contribution is 2.54. The molecular weight excluding hydrogens is 344 g/mol. The van der Waals surface area contributed by atoms with Crippen LogP contribution in [0.5, 0.6) is 0 Å². The molecular formula is C18H20N8O. The third-order valence-corrected chi connectivity index (χ3v) is 5.43. The zero-order chi connectivity index (χ0) is 18.9.